The average Bonchev–Trinajstić information content (AvgIpc) is 2.57. The molecular formula is C18H17BrF2N2O4S. The minimum Gasteiger partial charge on any atom is -0.477 e. The van der Waals surface area contributed by atoms with Crippen molar-refractivity contribution in [2.45, 2.75) is 31.3 Å². The van der Waals surface area contributed by atoms with E-state index in [-0.39, 0.29) is 28.2 Å². The van der Waals surface area contributed by atoms with Crippen LogP contribution >= 0.6 is 15.9 Å². The standard InChI is InChI=1S/C18H17BrF2N2O4S/c1-9(2)5-15-18(24)22-14-6-10(19)7-16(17(14)27-15)28(25,26)23-13-4-3-11(20)8-12(13)21/h3-4,6-9,15,23H,5H2,1-2H3,(H,22,24). The normalized spacial score (nSPS) is 16.4. The van der Waals surface area contributed by atoms with Gasteiger partial charge in [-0.05, 0) is 36.6 Å². The molecule has 1 heterocycles. The van der Waals surface area contributed by atoms with Gasteiger partial charge in [-0.25, -0.2) is 17.2 Å². The molecule has 1 unspecified atom stereocenters. The van der Waals surface area contributed by atoms with E-state index in [2.05, 4.69) is 26.0 Å². The maximum atomic E-state index is 13.9. The van der Waals surface area contributed by atoms with Crippen molar-refractivity contribution < 1.29 is 26.7 Å². The third kappa shape index (κ3) is 4.27. The highest BCUT2D eigenvalue weighted by Gasteiger charge is 2.34. The van der Waals surface area contributed by atoms with Crippen LogP contribution < -0.4 is 14.8 Å². The largest absolute Gasteiger partial charge is 0.477 e. The SMILES string of the molecule is CC(C)CC1Oc2c(cc(Br)cc2S(=O)(=O)Nc2ccc(F)cc2F)NC1=O. The van der Waals surface area contributed by atoms with Crippen molar-refractivity contribution in [2.75, 3.05) is 10.0 Å². The minimum absolute atomic E-state index is 0.0385. The van der Waals surface area contributed by atoms with Crippen molar-refractivity contribution >= 4 is 43.2 Å². The summed E-state index contributed by atoms with van der Waals surface area (Å²) in [5.41, 5.74) is -0.229. The molecule has 0 spiro atoms. The molecular weight excluding hydrogens is 458 g/mol. The van der Waals surface area contributed by atoms with Gasteiger partial charge in [-0.2, -0.15) is 0 Å². The third-order valence-electron chi connectivity index (χ3n) is 3.98. The van der Waals surface area contributed by atoms with E-state index in [0.717, 1.165) is 12.1 Å². The second-order valence-electron chi connectivity index (χ2n) is 6.74. The number of rotatable bonds is 5. The van der Waals surface area contributed by atoms with Crippen molar-refractivity contribution in [1.29, 1.82) is 0 Å². The molecule has 2 N–H and O–H groups in total. The molecule has 1 aliphatic heterocycles. The number of hydrogen-bond acceptors (Lipinski definition) is 4. The topological polar surface area (TPSA) is 84.5 Å². The lowest BCUT2D eigenvalue weighted by Gasteiger charge is -2.28. The van der Waals surface area contributed by atoms with Crippen LogP contribution in [0.1, 0.15) is 20.3 Å². The van der Waals surface area contributed by atoms with E-state index in [1.165, 1.54) is 12.1 Å². The van der Waals surface area contributed by atoms with Crippen LogP contribution in [-0.4, -0.2) is 20.4 Å². The van der Waals surface area contributed by atoms with E-state index in [1.54, 1.807) is 0 Å². The van der Waals surface area contributed by atoms with Crippen molar-refractivity contribution in [3.63, 3.8) is 0 Å². The van der Waals surface area contributed by atoms with Gasteiger partial charge in [-0.1, -0.05) is 29.8 Å². The second-order valence-corrected chi connectivity index (χ2v) is 9.30. The van der Waals surface area contributed by atoms with Gasteiger partial charge >= 0.3 is 0 Å². The molecule has 2 aromatic rings. The van der Waals surface area contributed by atoms with Gasteiger partial charge in [0.05, 0.1) is 11.4 Å². The molecule has 3 rings (SSSR count). The molecule has 0 aliphatic carbocycles. The van der Waals surface area contributed by atoms with Crippen LogP contribution in [0.15, 0.2) is 39.7 Å². The molecule has 1 amide bonds. The molecule has 10 heteroatoms. The Morgan fingerprint density at radius 2 is 1.96 bits per heavy atom. The number of halogens is 3. The van der Waals surface area contributed by atoms with Crippen LogP contribution in [0.2, 0.25) is 0 Å². The minimum atomic E-state index is -4.30. The highest BCUT2D eigenvalue weighted by atomic mass is 79.9. The lowest BCUT2D eigenvalue weighted by atomic mass is 10.0. The lowest BCUT2D eigenvalue weighted by molar-refractivity contribution is -0.124. The molecule has 0 saturated heterocycles. The number of fused-ring (bicyclic) bond motifs is 1. The first kappa shape index (κ1) is 20.5. The molecule has 6 nitrogen and oxygen atoms in total. The van der Waals surface area contributed by atoms with Crippen LogP contribution in [0.4, 0.5) is 20.2 Å². The Morgan fingerprint density at radius 1 is 1.25 bits per heavy atom. The Balaban J connectivity index is 2.03. The van der Waals surface area contributed by atoms with Crippen LogP contribution in [0, 0.1) is 17.6 Å². The Kier molecular flexibility index (Phi) is 5.62. The first-order chi connectivity index (χ1) is 13.1. The van der Waals surface area contributed by atoms with Crippen molar-refractivity contribution in [1.82, 2.24) is 0 Å². The molecule has 28 heavy (non-hydrogen) atoms. The zero-order valence-electron chi connectivity index (χ0n) is 14.9. The maximum Gasteiger partial charge on any atom is 0.265 e. The van der Waals surface area contributed by atoms with E-state index < -0.39 is 33.4 Å². The first-order valence-electron chi connectivity index (χ1n) is 8.36. The van der Waals surface area contributed by atoms with E-state index in [4.69, 9.17) is 4.74 Å². The fourth-order valence-corrected chi connectivity index (χ4v) is 4.61. The number of ether oxygens (including phenoxy) is 1. The Morgan fingerprint density at radius 3 is 2.61 bits per heavy atom. The van der Waals surface area contributed by atoms with Crippen molar-refractivity contribution in [3.8, 4) is 5.75 Å². The maximum absolute atomic E-state index is 13.9. The molecule has 150 valence electrons. The van der Waals surface area contributed by atoms with E-state index in [9.17, 15) is 22.0 Å². The number of sulfonamides is 1. The molecule has 0 saturated carbocycles. The zero-order chi connectivity index (χ0) is 20.6. The van der Waals surface area contributed by atoms with Gasteiger partial charge in [0, 0.05) is 10.5 Å². The monoisotopic (exact) mass is 474 g/mol. The molecule has 0 radical (unpaired) electrons. The lowest BCUT2D eigenvalue weighted by Crippen LogP contribution is -2.38. The van der Waals surface area contributed by atoms with E-state index in [0.29, 0.717) is 17.0 Å². The average molecular weight is 475 g/mol. The van der Waals surface area contributed by atoms with Crippen LogP contribution in [0.25, 0.3) is 0 Å². The fraction of sp³-hybridized carbons (Fsp3) is 0.278. The summed E-state index contributed by atoms with van der Waals surface area (Å²) in [5, 5.41) is 2.64. The van der Waals surface area contributed by atoms with Gasteiger partial charge in [-0.3, -0.25) is 9.52 Å². The number of amides is 1. The Hall–Kier alpha value is -2.20. The van der Waals surface area contributed by atoms with Gasteiger partial charge in [0.1, 0.15) is 16.5 Å². The quantitative estimate of drug-likeness (QED) is 0.677. The molecule has 0 fully saturated rings. The second kappa shape index (κ2) is 7.67. The van der Waals surface area contributed by atoms with Gasteiger partial charge < -0.3 is 10.1 Å². The summed E-state index contributed by atoms with van der Waals surface area (Å²) in [6.07, 6.45) is -0.467. The zero-order valence-corrected chi connectivity index (χ0v) is 17.3. The fourth-order valence-electron chi connectivity index (χ4n) is 2.75. The van der Waals surface area contributed by atoms with E-state index in [1.807, 2.05) is 13.8 Å². The Bertz CT molecular complexity index is 1040. The summed E-state index contributed by atoms with van der Waals surface area (Å²) >= 11 is 3.20. The van der Waals surface area contributed by atoms with E-state index >= 15 is 0 Å². The number of benzene rings is 2. The summed E-state index contributed by atoms with van der Waals surface area (Å²) in [4.78, 5) is 11.9. The molecule has 0 aromatic heterocycles. The highest BCUT2D eigenvalue weighted by molar-refractivity contribution is 9.10. The van der Waals surface area contributed by atoms with Gasteiger partial charge in [0.2, 0.25) is 0 Å². The van der Waals surface area contributed by atoms with Crippen LogP contribution in [0.5, 0.6) is 5.75 Å². The highest BCUT2D eigenvalue weighted by Crippen LogP contribution is 2.40. The predicted molar refractivity (Wildman–Crippen MR) is 104 cm³/mol. The number of nitrogens with one attached hydrogen (secondary N) is 2. The summed E-state index contributed by atoms with van der Waals surface area (Å²) in [6, 6.07) is 5.29. The first-order valence-corrected chi connectivity index (χ1v) is 10.6. The molecule has 1 atom stereocenters. The predicted octanol–water partition coefficient (Wildman–Crippen LogP) is 4.27. The summed E-state index contributed by atoms with van der Waals surface area (Å²) in [6.45, 7) is 3.81. The Labute approximate surface area is 169 Å². The molecule has 1 aliphatic rings. The van der Waals surface area contributed by atoms with Gasteiger partial charge in [0.25, 0.3) is 15.9 Å². The number of hydrogen-bond donors (Lipinski definition) is 2. The van der Waals surface area contributed by atoms with Gasteiger partial charge in [-0.15, -0.1) is 0 Å². The molecule has 2 aromatic carbocycles. The summed E-state index contributed by atoms with van der Waals surface area (Å²) < 4.78 is 60.9. The summed E-state index contributed by atoms with van der Waals surface area (Å²) in [7, 11) is -4.30. The van der Waals surface area contributed by atoms with Crippen LogP contribution in [-0.2, 0) is 14.8 Å². The van der Waals surface area contributed by atoms with Crippen molar-refractivity contribution in [2.24, 2.45) is 5.92 Å². The van der Waals surface area contributed by atoms with Gasteiger partial charge in [0.15, 0.2) is 11.9 Å². The number of carbonyl (C=O) groups is 1. The third-order valence-corrected chi connectivity index (χ3v) is 5.81. The number of anilines is 2. The number of carbonyl (C=O) groups excluding carboxylic acids is 1. The summed E-state index contributed by atoms with van der Waals surface area (Å²) in [5.74, 6) is -2.16. The molecule has 0 bridgehead atoms. The van der Waals surface area contributed by atoms with Crippen molar-refractivity contribution in [3.05, 3.63) is 46.4 Å². The smallest absolute Gasteiger partial charge is 0.265 e. The van der Waals surface area contributed by atoms with Crippen LogP contribution in [0.3, 0.4) is 0 Å².